The highest BCUT2D eigenvalue weighted by Gasteiger charge is 2.25. The number of likely N-dealkylation sites (N-methyl/N-ethyl adjacent to an activating group) is 1. The standard InChI is InChI=1S/C22H17IN2O/c1-2-25-17(12-13-23)14-19(18-10-6-7-11-21(18)25)20(15-24)22(26)16-8-4-3-5-9-16/h3-14H,2H2,1H3/b13-12+,20-19+. The Morgan fingerprint density at radius 2 is 1.85 bits per heavy atom. The number of para-hydroxylation sites is 1. The SMILES string of the molecule is CCN1C(/C=C/I)=CC(=C(/C#N)C(=O)c2ccccc2)/c2ccccc21. The van der Waals surface area contributed by atoms with Crippen molar-refractivity contribution in [3.63, 3.8) is 0 Å². The number of carbonyl (C=O) groups is 1. The normalized spacial score (nSPS) is 15.3. The fourth-order valence-corrected chi connectivity index (χ4v) is 3.48. The molecule has 0 aromatic heterocycles. The first-order valence-electron chi connectivity index (χ1n) is 8.30. The summed E-state index contributed by atoms with van der Waals surface area (Å²) in [7, 11) is 0. The Morgan fingerprint density at radius 1 is 1.15 bits per heavy atom. The Balaban J connectivity index is 2.26. The molecule has 0 unspecified atom stereocenters. The van der Waals surface area contributed by atoms with E-state index in [9.17, 15) is 10.1 Å². The molecule has 0 aliphatic carbocycles. The summed E-state index contributed by atoms with van der Waals surface area (Å²) >= 11 is 2.18. The summed E-state index contributed by atoms with van der Waals surface area (Å²) in [6.45, 7) is 2.88. The van der Waals surface area contributed by atoms with Crippen molar-refractivity contribution in [2.75, 3.05) is 11.4 Å². The van der Waals surface area contributed by atoms with Crippen LogP contribution < -0.4 is 4.90 Å². The van der Waals surface area contributed by atoms with Gasteiger partial charge in [-0.15, -0.1) is 0 Å². The van der Waals surface area contributed by atoms with Crippen LogP contribution in [0.25, 0.3) is 5.57 Å². The first-order valence-corrected chi connectivity index (χ1v) is 9.55. The van der Waals surface area contributed by atoms with Crippen molar-refractivity contribution < 1.29 is 4.79 Å². The maximum Gasteiger partial charge on any atom is 0.204 e. The van der Waals surface area contributed by atoms with Crippen LogP contribution in [-0.4, -0.2) is 12.3 Å². The maximum absolute atomic E-state index is 13.0. The van der Waals surface area contributed by atoms with Gasteiger partial charge in [0.25, 0.3) is 0 Å². The second-order valence-corrected chi connectivity index (χ2v) is 6.44. The summed E-state index contributed by atoms with van der Waals surface area (Å²) in [6.07, 6.45) is 3.92. The van der Waals surface area contributed by atoms with Crippen LogP contribution in [0.15, 0.2) is 82.1 Å². The summed E-state index contributed by atoms with van der Waals surface area (Å²) in [6, 6.07) is 19.0. The van der Waals surface area contributed by atoms with Gasteiger partial charge in [0.05, 0.1) is 0 Å². The fourth-order valence-electron chi connectivity index (χ4n) is 3.11. The highest BCUT2D eigenvalue weighted by atomic mass is 127. The average Bonchev–Trinajstić information content (AvgIpc) is 2.69. The summed E-state index contributed by atoms with van der Waals surface area (Å²) in [5, 5.41) is 9.78. The zero-order chi connectivity index (χ0) is 18.5. The quantitative estimate of drug-likeness (QED) is 0.266. The third-order valence-electron chi connectivity index (χ3n) is 4.28. The molecule has 2 aromatic rings. The predicted molar refractivity (Wildman–Crippen MR) is 114 cm³/mol. The number of nitrogens with zero attached hydrogens (tertiary/aromatic N) is 2. The number of nitriles is 1. The van der Waals surface area contributed by atoms with Crippen molar-refractivity contribution >= 4 is 39.6 Å². The molecule has 1 heterocycles. The van der Waals surface area contributed by atoms with Gasteiger partial charge in [0, 0.05) is 34.6 Å². The van der Waals surface area contributed by atoms with E-state index in [2.05, 4.69) is 40.5 Å². The molecule has 1 aliphatic rings. The average molecular weight is 452 g/mol. The molecule has 0 bridgehead atoms. The van der Waals surface area contributed by atoms with Gasteiger partial charge in [-0.2, -0.15) is 5.26 Å². The number of fused-ring (bicyclic) bond motifs is 1. The smallest absolute Gasteiger partial charge is 0.204 e. The molecule has 0 atom stereocenters. The van der Waals surface area contributed by atoms with Crippen LogP contribution >= 0.6 is 22.6 Å². The van der Waals surface area contributed by atoms with Crippen molar-refractivity contribution in [3.05, 3.63) is 93.2 Å². The minimum atomic E-state index is -0.253. The molecule has 4 heteroatoms. The molecule has 2 aromatic carbocycles. The molecule has 0 N–H and O–H groups in total. The van der Waals surface area contributed by atoms with Crippen LogP contribution in [0.1, 0.15) is 22.8 Å². The van der Waals surface area contributed by atoms with Crippen LogP contribution in [0.4, 0.5) is 5.69 Å². The van der Waals surface area contributed by atoms with E-state index in [1.54, 1.807) is 24.3 Å². The minimum absolute atomic E-state index is 0.166. The Labute approximate surface area is 167 Å². The van der Waals surface area contributed by atoms with Crippen molar-refractivity contribution in [2.45, 2.75) is 6.92 Å². The van der Waals surface area contributed by atoms with Crippen LogP contribution in [0.5, 0.6) is 0 Å². The number of allylic oxidation sites excluding steroid dienone is 4. The highest BCUT2D eigenvalue weighted by molar-refractivity contribution is 14.1. The predicted octanol–water partition coefficient (Wildman–Crippen LogP) is 5.52. The number of hydrogen-bond acceptors (Lipinski definition) is 3. The van der Waals surface area contributed by atoms with E-state index < -0.39 is 0 Å². The number of benzene rings is 2. The van der Waals surface area contributed by atoms with Crippen molar-refractivity contribution in [1.82, 2.24) is 0 Å². The maximum atomic E-state index is 13.0. The Bertz CT molecular complexity index is 965. The Morgan fingerprint density at radius 3 is 2.50 bits per heavy atom. The third-order valence-corrected chi connectivity index (χ3v) is 4.64. The van der Waals surface area contributed by atoms with E-state index in [0.717, 1.165) is 23.5 Å². The number of rotatable bonds is 4. The number of anilines is 1. The van der Waals surface area contributed by atoms with Gasteiger partial charge < -0.3 is 4.90 Å². The molecule has 3 nitrogen and oxygen atoms in total. The summed E-state index contributed by atoms with van der Waals surface area (Å²) in [5.74, 6) is -0.253. The molecule has 0 radical (unpaired) electrons. The summed E-state index contributed by atoms with van der Waals surface area (Å²) in [5.41, 5.74) is 4.23. The van der Waals surface area contributed by atoms with Gasteiger partial charge in [0.15, 0.2) is 0 Å². The van der Waals surface area contributed by atoms with E-state index >= 15 is 0 Å². The van der Waals surface area contributed by atoms with E-state index in [0.29, 0.717) is 11.1 Å². The lowest BCUT2D eigenvalue weighted by atomic mass is 9.90. The number of Topliss-reactive ketones (excluding diaryl/α,β-unsaturated/α-hetero) is 1. The highest BCUT2D eigenvalue weighted by Crippen LogP contribution is 2.38. The second-order valence-electron chi connectivity index (χ2n) is 5.72. The van der Waals surface area contributed by atoms with E-state index in [-0.39, 0.29) is 11.4 Å². The molecular formula is C22H17IN2O. The second kappa shape index (κ2) is 8.15. The summed E-state index contributed by atoms with van der Waals surface area (Å²) < 4.78 is 1.93. The van der Waals surface area contributed by atoms with Crippen LogP contribution in [0.3, 0.4) is 0 Å². The van der Waals surface area contributed by atoms with Gasteiger partial charge in [-0.05, 0) is 29.2 Å². The van der Waals surface area contributed by atoms with Crippen molar-refractivity contribution in [3.8, 4) is 6.07 Å². The molecular weight excluding hydrogens is 435 g/mol. The molecule has 1 aliphatic heterocycles. The molecule has 128 valence electrons. The van der Waals surface area contributed by atoms with Crippen LogP contribution in [0, 0.1) is 11.3 Å². The van der Waals surface area contributed by atoms with Gasteiger partial charge in [0.1, 0.15) is 11.6 Å². The molecule has 26 heavy (non-hydrogen) atoms. The first-order chi connectivity index (χ1) is 12.7. The van der Waals surface area contributed by atoms with Gasteiger partial charge in [-0.1, -0.05) is 71.1 Å². The van der Waals surface area contributed by atoms with Gasteiger partial charge in [-0.25, -0.2) is 0 Å². The first kappa shape index (κ1) is 18.2. The fraction of sp³-hybridized carbons (Fsp3) is 0.0909. The van der Waals surface area contributed by atoms with Gasteiger partial charge in [-0.3, -0.25) is 4.79 Å². The van der Waals surface area contributed by atoms with E-state index in [1.165, 1.54) is 0 Å². The molecule has 0 saturated carbocycles. The lowest BCUT2D eigenvalue weighted by molar-refractivity contribution is 0.103. The van der Waals surface area contributed by atoms with Crippen molar-refractivity contribution in [2.24, 2.45) is 0 Å². The Hall–Kier alpha value is -2.65. The molecule has 3 rings (SSSR count). The summed E-state index contributed by atoms with van der Waals surface area (Å²) in [4.78, 5) is 15.1. The molecule has 0 amide bonds. The zero-order valence-corrected chi connectivity index (χ0v) is 16.5. The zero-order valence-electron chi connectivity index (χ0n) is 14.3. The number of carbonyl (C=O) groups excluding carboxylic acids is 1. The van der Waals surface area contributed by atoms with E-state index in [4.69, 9.17) is 0 Å². The van der Waals surface area contributed by atoms with E-state index in [1.807, 2.05) is 46.6 Å². The van der Waals surface area contributed by atoms with Crippen molar-refractivity contribution in [1.29, 1.82) is 5.26 Å². The monoisotopic (exact) mass is 452 g/mol. The van der Waals surface area contributed by atoms with Gasteiger partial charge in [0.2, 0.25) is 5.78 Å². The Kier molecular flexibility index (Phi) is 5.69. The topological polar surface area (TPSA) is 44.1 Å². The molecule has 0 spiro atoms. The molecule has 0 saturated heterocycles. The number of ketones is 1. The minimum Gasteiger partial charge on any atom is -0.341 e. The third kappa shape index (κ3) is 3.35. The molecule has 0 fully saturated rings. The largest absolute Gasteiger partial charge is 0.341 e. The number of hydrogen-bond donors (Lipinski definition) is 0. The lowest BCUT2D eigenvalue weighted by Crippen LogP contribution is -2.25. The van der Waals surface area contributed by atoms with Crippen LogP contribution in [0.2, 0.25) is 0 Å². The van der Waals surface area contributed by atoms with Crippen LogP contribution in [-0.2, 0) is 0 Å². The number of halogens is 1. The van der Waals surface area contributed by atoms with Gasteiger partial charge >= 0.3 is 0 Å². The lowest BCUT2D eigenvalue weighted by Gasteiger charge is -2.31.